The zero-order chi connectivity index (χ0) is 9.52. The maximum Gasteiger partial charge on any atom is 0.0452 e. The molecule has 1 heterocycles. The van der Waals surface area contributed by atoms with Gasteiger partial charge in [-0.25, -0.2) is 0 Å². The third kappa shape index (κ3) is 3.44. The number of rotatable bonds is 6. The number of aliphatic hydroxyl groups excluding tert-OH is 1. The molecular formula is C9H16N2OS. The van der Waals surface area contributed by atoms with Crippen molar-refractivity contribution in [3.63, 3.8) is 0 Å². The maximum absolute atomic E-state index is 8.61. The number of aliphatic hydroxyl groups is 1. The van der Waals surface area contributed by atoms with Gasteiger partial charge in [0.2, 0.25) is 0 Å². The van der Waals surface area contributed by atoms with Gasteiger partial charge in [0.05, 0.1) is 0 Å². The molecule has 0 amide bonds. The Bertz CT molecular complexity index is 213. The fraction of sp³-hybridized carbons (Fsp3) is 0.556. The van der Waals surface area contributed by atoms with Gasteiger partial charge in [-0.15, -0.1) is 0 Å². The Balaban J connectivity index is 2.35. The van der Waals surface area contributed by atoms with E-state index in [4.69, 9.17) is 10.8 Å². The van der Waals surface area contributed by atoms with Gasteiger partial charge in [0.25, 0.3) is 0 Å². The molecule has 13 heavy (non-hydrogen) atoms. The second-order valence-electron chi connectivity index (χ2n) is 2.88. The van der Waals surface area contributed by atoms with E-state index in [2.05, 4.69) is 16.8 Å². The van der Waals surface area contributed by atoms with Crippen LogP contribution < -0.4 is 11.1 Å². The predicted octanol–water partition coefficient (Wildman–Crippen LogP) is 0.720. The fourth-order valence-corrected chi connectivity index (χ4v) is 1.88. The van der Waals surface area contributed by atoms with Crippen LogP contribution in [-0.2, 0) is 0 Å². The molecule has 0 saturated heterocycles. The molecule has 0 bridgehead atoms. The van der Waals surface area contributed by atoms with Crippen LogP contribution in [0.15, 0.2) is 16.8 Å². The molecule has 0 aliphatic rings. The molecule has 1 unspecified atom stereocenters. The minimum Gasteiger partial charge on any atom is -0.396 e. The summed E-state index contributed by atoms with van der Waals surface area (Å²) in [5.74, 6) is 0. The monoisotopic (exact) mass is 200 g/mol. The Hall–Kier alpha value is -0.420. The molecule has 1 aromatic heterocycles. The van der Waals surface area contributed by atoms with E-state index in [9.17, 15) is 0 Å². The van der Waals surface area contributed by atoms with Crippen molar-refractivity contribution in [2.75, 3.05) is 19.7 Å². The first-order valence-electron chi connectivity index (χ1n) is 4.45. The minimum absolute atomic E-state index is 0.230. The van der Waals surface area contributed by atoms with Crippen molar-refractivity contribution >= 4 is 11.3 Å². The van der Waals surface area contributed by atoms with E-state index in [1.54, 1.807) is 11.3 Å². The van der Waals surface area contributed by atoms with Crippen LogP contribution in [-0.4, -0.2) is 24.8 Å². The highest BCUT2D eigenvalue weighted by molar-refractivity contribution is 7.07. The number of hydrogen-bond donors (Lipinski definition) is 3. The van der Waals surface area contributed by atoms with Crippen molar-refractivity contribution in [1.29, 1.82) is 0 Å². The van der Waals surface area contributed by atoms with Crippen molar-refractivity contribution in [2.45, 2.75) is 12.5 Å². The summed E-state index contributed by atoms with van der Waals surface area (Å²) >= 11 is 1.68. The smallest absolute Gasteiger partial charge is 0.0452 e. The molecule has 1 atom stereocenters. The molecule has 0 fully saturated rings. The molecule has 0 saturated carbocycles. The van der Waals surface area contributed by atoms with Gasteiger partial charge in [-0.3, -0.25) is 0 Å². The van der Waals surface area contributed by atoms with Crippen LogP contribution in [0.2, 0.25) is 0 Å². The molecule has 4 N–H and O–H groups in total. The van der Waals surface area contributed by atoms with E-state index >= 15 is 0 Å². The average molecular weight is 200 g/mol. The lowest BCUT2D eigenvalue weighted by atomic mass is 10.1. The topological polar surface area (TPSA) is 58.3 Å². The largest absolute Gasteiger partial charge is 0.396 e. The summed E-state index contributed by atoms with van der Waals surface area (Å²) in [5.41, 5.74) is 6.87. The van der Waals surface area contributed by atoms with Crippen LogP contribution in [0.3, 0.4) is 0 Å². The molecule has 1 aromatic rings. The lowest BCUT2D eigenvalue weighted by Crippen LogP contribution is -2.28. The third-order valence-corrected chi connectivity index (χ3v) is 2.61. The summed E-state index contributed by atoms with van der Waals surface area (Å²) in [7, 11) is 0. The summed E-state index contributed by atoms with van der Waals surface area (Å²) in [4.78, 5) is 0. The molecule has 3 nitrogen and oxygen atoms in total. The van der Waals surface area contributed by atoms with Crippen LogP contribution in [0.4, 0.5) is 0 Å². The minimum atomic E-state index is 0.230. The Morgan fingerprint density at radius 1 is 1.62 bits per heavy atom. The number of hydrogen-bond acceptors (Lipinski definition) is 4. The fourth-order valence-electron chi connectivity index (χ4n) is 1.17. The predicted molar refractivity (Wildman–Crippen MR) is 55.8 cm³/mol. The average Bonchev–Trinajstić information content (AvgIpc) is 2.65. The van der Waals surface area contributed by atoms with E-state index in [0.717, 1.165) is 13.0 Å². The van der Waals surface area contributed by atoms with Crippen molar-refractivity contribution < 1.29 is 5.11 Å². The second kappa shape index (κ2) is 6.10. The Kier molecular flexibility index (Phi) is 5.00. The molecule has 0 radical (unpaired) electrons. The second-order valence-corrected chi connectivity index (χ2v) is 3.66. The quantitative estimate of drug-likeness (QED) is 0.593. The summed E-state index contributed by atoms with van der Waals surface area (Å²) in [6.07, 6.45) is 0.778. The van der Waals surface area contributed by atoms with Crippen LogP contribution >= 0.6 is 11.3 Å². The van der Waals surface area contributed by atoms with Gasteiger partial charge in [-0.1, -0.05) is 0 Å². The summed E-state index contributed by atoms with van der Waals surface area (Å²) in [5, 5.41) is 16.1. The first-order valence-corrected chi connectivity index (χ1v) is 5.39. The van der Waals surface area contributed by atoms with E-state index in [0.29, 0.717) is 6.54 Å². The van der Waals surface area contributed by atoms with Gasteiger partial charge >= 0.3 is 0 Å². The van der Waals surface area contributed by atoms with Crippen LogP contribution in [0.5, 0.6) is 0 Å². The third-order valence-electron chi connectivity index (χ3n) is 1.91. The van der Waals surface area contributed by atoms with Crippen molar-refractivity contribution in [3.05, 3.63) is 22.4 Å². The SMILES string of the molecule is NCC(NCCCO)c1ccsc1. The zero-order valence-corrected chi connectivity index (χ0v) is 8.39. The molecule has 74 valence electrons. The zero-order valence-electron chi connectivity index (χ0n) is 7.57. The van der Waals surface area contributed by atoms with E-state index in [1.165, 1.54) is 5.56 Å². The van der Waals surface area contributed by atoms with Gasteiger partial charge in [-0.05, 0) is 35.4 Å². The van der Waals surface area contributed by atoms with Crippen LogP contribution in [0.25, 0.3) is 0 Å². The highest BCUT2D eigenvalue weighted by atomic mass is 32.1. The van der Waals surface area contributed by atoms with E-state index in [-0.39, 0.29) is 12.6 Å². The lowest BCUT2D eigenvalue weighted by molar-refractivity contribution is 0.283. The highest BCUT2D eigenvalue weighted by Gasteiger charge is 2.07. The number of thiophene rings is 1. The molecule has 0 aliphatic heterocycles. The van der Waals surface area contributed by atoms with Gasteiger partial charge in [0.15, 0.2) is 0 Å². The molecule has 0 aromatic carbocycles. The number of nitrogens with one attached hydrogen (secondary N) is 1. The van der Waals surface area contributed by atoms with Gasteiger partial charge in [0.1, 0.15) is 0 Å². The van der Waals surface area contributed by atoms with Crippen molar-refractivity contribution in [3.8, 4) is 0 Å². The van der Waals surface area contributed by atoms with Crippen molar-refractivity contribution in [2.24, 2.45) is 5.73 Å². The Labute approximate surface area is 82.6 Å². The number of nitrogens with two attached hydrogens (primary N) is 1. The lowest BCUT2D eigenvalue weighted by Gasteiger charge is -2.14. The molecule has 4 heteroatoms. The first-order chi connectivity index (χ1) is 6.38. The highest BCUT2D eigenvalue weighted by Crippen LogP contribution is 2.14. The molecule has 0 aliphatic carbocycles. The van der Waals surface area contributed by atoms with Crippen LogP contribution in [0, 0.1) is 0 Å². The Morgan fingerprint density at radius 2 is 2.46 bits per heavy atom. The van der Waals surface area contributed by atoms with Crippen molar-refractivity contribution in [1.82, 2.24) is 5.32 Å². The summed E-state index contributed by atoms with van der Waals surface area (Å²) in [6.45, 7) is 1.64. The van der Waals surface area contributed by atoms with Gasteiger partial charge in [0, 0.05) is 19.2 Å². The molecule has 1 rings (SSSR count). The van der Waals surface area contributed by atoms with Gasteiger partial charge in [-0.2, -0.15) is 11.3 Å². The first kappa shape index (κ1) is 10.7. The molecular weight excluding hydrogens is 184 g/mol. The maximum atomic E-state index is 8.61. The van der Waals surface area contributed by atoms with E-state index in [1.807, 2.05) is 5.38 Å². The molecule has 0 spiro atoms. The summed E-state index contributed by atoms with van der Waals surface area (Å²) in [6, 6.07) is 2.31. The standard InChI is InChI=1S/C9H16N2OS/c10-6-9(11-3-1-4-12)8-2-5-13-7-8/h2,5,7,9,11-12H,1,3-4,6,10H2. The Morgan fingerprint density at radius 3 is 3.00 bits per heavy atom. The summed E-state index contributed by atoms with van der Waals surface area (Å²) < 4.78 is 0. The van der Waals surface area contributed by atoms with Gasteiger partial charge < -0.3 is 16.2 Å². The van der Waals surface area contributed by atoms with Crippen LogP contribution in [0.1, 0.15) is 18.0 Å². The van der Waals surface area contributed by atoms with E-state index < -0.39 is 0 Å². The normalized spacial score (nSPS) is 13.1.